The standard InChI is InChI=1S/C54H33N3S/c1-4-15-34(16-5-1)39-27-28-48-44(30-39)45-29-37-21-10-11-22-38(37)31-49(45)57(48)54-55-47-33-43(36-19-8-3-9-20-36)42(35-17-6-2-7-18-35)32-46(47)53(56-54)41-24-14-26-51-52(41)40-23-12-13-25-50(40)58-51/h1-33H. The maximum Gasteiger partial charge on any atom is 0.235 e. The molecule has 0 aliphatic rings. The zero-order chi connectivity index (χ0) is 38.2. The molecule has 12 rings (SSSR count). The number of thiophene rings is 1. The highest BCUT2D eigenvalue weighted by Gasteiger charge is 2.22. The summed E-state index contributed by atoms with van der Waals surface area (Å²) in [4.78, 5) is 11.3. The molecule has 0 fully saturated rings. The van der Waals surface area contributed by atoms with Crippen molar-refractivity contribution in [3.05, 3.63) is 200 Å². The Morgan fingerprint density at radius 3 is 1.74 bits per heavy atom. The second-order valence-corrected chi connectivity index (χ2v) is 16.0. The van der Waals surface area contributed by atoms with Gasteiger partial charge in [-0.25, -0.2) is 9.97 Å². The van der Waals surface area contributed by atoms with Gasteiger partial charge in [-0.3, -0.25) is 4.57 Å². The Kier molecular flexibility index (Phi) is 7.40. The molecule has 0 bridgehead atoms. The van der Waals surface area contributed by atoms with Crippen molar-refractivity contribution in [3.8, 4) is 50.6 Å². The van der Waals surface area contributed by atoms with Gasteiger partial charge in [-0.05, 0) is 92.7 Å². The molecule has 0 aliphatic heterocycles. The van der Waals surface area contributed by atoms with Crippen molar-refractivity contribution in [2.75, 3.05) is 0 Å². The molecule has 58 heavy (non-hydrogen) atoms. The zero-order valence-electron chi connectivity index (χ0n) is 31.3. The third-order valence-electron chi connectivity index (χ3n) is 11.6. The van der Waals surface area contributed by atoms with Crippen LogP contribution in [0.25, 0.3) is 114 Å². The SMILES string of the molecule is c1ccc(-c2ccc3c(c2)c2cc4ccccc4cc2n3-c2nc(-c3cccc4sc5ccccc5c34)c3cc(-c4ccccc4)c(-c4ccccc4)cc3n2)cc1. The van der Waals surface area contributed by atoms with Crippen molar-refractivity contribution >= 4 is 75.0 Å². The van der Waals surface area contributed by atoms with Crippen LogP contribution in [0.3, 0.4) is 0 Å². The molecular weight excluding hydrogens is 723 g/mol. The van der Waals surface area contributed by atoms with E-state index in [-0.39, 0.29) is 0 Å². The predicted molar refractivity (Wildman–Crippen MR) is 246 cm³/mol. The lowest BCUT2D eigenvalue weighted by Crippen LogP contribution is -2.04. The van der Waals surface area contributed by atoms with E-state index in [1.165, 1.54) is 52.8 Å². The van der Waals surface area contributed by atoms with Gasteiger partial charge in [0.25, 0.3) is 0 Å². The van der Waals surface area contributed by atoms with Crippen LogP contribution in [0.4, 0.5) is 0 Å². The van der Waals surface area contributed by atoms with Crippen molar-refractivity contribution in [2.24, 2.45) is 0 Å². The Hall–Kier alpha value is -7.40. The molecular formula is C54H33N3S. The molecule has 0 saturated carbocycles. The van der Waals surface area contributed by atoms with E-state index in [0.29, 0.717) is 5.95 Å². The Balaban J connectivity index is 1.23. The number of rotatable bonds is 5. The largest absolute Gasteiger partial charge is 0.278 e. The first-order valence-electron chi connectivity index (χ1n) is 19.7. The van der Waals surface area contributed by atoms with Crippen LogP contribution in [-0.4, -0.2) is 14.5 Å². The molecule has 3 aromatic heterocycles. The highest BCUT2D eigenvalue weighted by molar-refractivity contribution is 7.25. The number of fused-ring (bicyclic) bond motifs is 8. The van der Waals surface area contributed by atoms with Crippen molar-refractivity contribution in [3.63, 3.8) is 0 Å². The Labute approximate surface area is 338 Å². The molecule has 3 nitrogen and oxygen atoms in total. The Morgan fingerprint density at radius 2 is 0.983 bits per heavy atom. The van der Waals surface area contributed by atoms with E-state index in [1.54, 1.807) is 0 Å². The molecule has 0 atom stereocenters. The van der Waals surface area contributed by atoms with Crippen LogP contribution in [0.1, 0.15) is 0 Å². The van der Waals surface area contributed by atoms with E-state index in [1.807, 2.05) is 11.3 Å². The average Bonchev–Trinajstić information content (AvgIpc) is 3.83. The van der Waals surface area contributed by atoms with Crippen LogP contribution in [0, 0.1) is 0 Å². The lowest BCUT2D eigenvalue weighted by Gasteiger charge is -2.17. The van der Waals surface area contributed by atoms with E-state index in [9.17, 15) is 0 Å². The minimum absolute atomic E-state index is 0.647. The van der Waals surface area contributed by atoms with Crippen LogP contribution in [-0.2, 0) is 0 Å². The summed E-state index contributed by atoms with van der Waals surface area (Å²) >= 11 is 1.83. The smallest absolute Gasteiger partial charge is 0.235 e. The van der Waals surface area contributed by atoms with E-state index < -0.39 is 0 Å². The van der Waals surface area contributed by atoms with E-state index >= 15 is 0 Å². The van der Waals surface area contributed by atoms with Gasteiger partial charge < -0.3 is 0 Å². The van der Waals surface area contributed by atoms with Crippen LogP contribution in [0.5, 0.6) is 0 Å². The van der Waals surface area contributed by atoms with Crippen molar-refractivity contribution < 1.29 is 0 Å². The summed E-state index contributed by atoms with van der Waals surface area (Å²) in [5.74, 6) is 0.647. The van der Waals surface area contributed by atoms with Gasteiger partial charge in [0.05, 0.1) is 22.2 Å². The predicted octanol–water partition coefficient (Wildman–Crippen LogP) is 14.9. The fraction of sp³-hybridized carbons (Fsp3) is 0. The monoisotopic (exact) mass is 755 g/mol. The lowest BCUT2D eigenvalue weighted by atomic mass is 9.91. The molecule has 4 heteroatoms. The molecule has 270 valence electrons. The highest BCUT2D eigenvalue weighted by atomic mass is 32.1. The lowest BCUT2D eigenvalue weighted by molar-refractivity contribution is 1.01. The molecule has 0 aliphatic carbocycles. The summed E-state index contributed by atoms with van der Waals surface area (Å²) in [7, 11) is 0. The van der Waals surface area contributed by atoms with E-state index in [2.05, 4.69) is 205 Å². The van der Waals surface area contributed by atoms with Gasteiger partial charge in [0.1, 0.15) is 0 Å². The van der Waals surface area contributed by atoms with Crippen molar-refractivity contribution in [2.45, 2.75) is 0 Å². The van der Waals surface area contributed by atoms with Crippen LogP contribution in [0.15, 0.2) is 200 Å². The van der Waals surface area contributed by atoms with Gasteiger partial charge >= 0.3 is 0 Å². The maximum absolute atomic E-state index is 5.70. The minimum Gasteiger partial charge on any atom is -0.278 e. The van der Waals surface area contributed by atoms with E-state index in [4.69, 9.17) is 9.97 Å². The second kappa shape index (κ2) is 13.1. The normalized spacial score (nSPS) is 11.8. The topological polar surface area (TPSA) is 30.7 Å². The van der Waals surface area contributed by atoms with Gasteiger partial charge in [0, 0.05) is 41.9 Å². The first kappa shape index (κ1) is 32.8. The van der Waals surface area contributed by atoms with Crippen molar-refractivity contribution in [1.29, 1.82) is 0 Å². The van der Waals surface area contributed by atoms with Gasteiger partial charge in [-0.1, -0.05) is 152 Å². The fourth-order valence-electron chi connectivity index (χ4n) is 8.88. The minimum atomic E-state index is 0.647. The molecule has 0 spiro atoms. The van der Waals surface area contributed by atoms with Crippen LogP contribution >= 0.6 is 11.3 Å². The van der Waals surface area contributed by atoms with Gasteiger partial charge in [-0.2, -0.15) is 0 Å². The molecule has 0 saturated heterocycles. The molecule has 0 unspecified atom stereocenters. The maximum atomic E-state index is 5.70. The molecule has 0 amide bonds. The second-order valence-electron chi connectivity index (χ2n) is 14.9. The summed E-state index contributed by atoms with van der Waals surface area (Å²) in [5.41, 5.74) is 12.0. The quantitative estimate of drug-likeness (QED) is 0.175. The first-order valence-corrected chi connectivity index (χ1v) is 20.5. The van der Waals surface area contributed by atoms with E-state index in [0.717, 1.165) is 55.4 Å². The molecule has 9 aromatic carbocycles. The number of nitrogens with zero attached hydrogens (tertiary/aromatic N) is 3. The average molecular weight is 756 g/mol. The molecule has 3 heterocycles. The summed E-state index contributed by atoms with van der Waals surface area (Å²) in [5, 5.41) is 8.21. The zero-order valence-corrected chi connectivity index (χ0v) is 32.1. The third kappa shape index (κ3) is 5.19. The summed E-state index contributed by atoms with van der Waals surface area (Å²) in [6.45, 7) is 0. The van der Waals surface area contributed by atoms with Gasteiger partial charge in [-0.15, -0.1) is 11.3 Å². The van der Waals surface area contributed by atoms with Gasteiger partial charge in [0.15, 0.2) is 0 Å². The van der Waals surface area contributed by atoms with Crippen molar-refractivity contribution in [1.82, 2.24) is 14.5 Å². The number of benzene rings is 9. The first-order chi connectivity index (χ1) is 28.7. The van der Waals surface area contributed by atoms with Crippen LogP contribution in [0.2, 0.25) is 0 Å². The molecule has 12 aromatic rings. The van der Waals surface area contributed by atoms with Gasteiger partial charge in [0.2, 0.25) is 5.95 Å². The third-order valence-corrected chi connectivity index (χ3v) is 12.7. The van der Waals surface area contributed by atoms with Crippen LogP contribution < -0.4 is 0 Å². The number of aromatic nitrogens is 3. The Morgan fingerprint density at radius 1 is 0.362 bits per heavy atom. The number of hydrogen-bond acceptors (Lipinski definition) is 3. The fourth-order valence-corrected chi connectivity index (χ4v) is 10.0. The molecule has 0 N–H and O–H groups in total. The highest BCUT2D eigenvalue weighted by Crippen LogP contribution is 2.44. The number of hydrogen-bond donors (Lipinski definition) is 0. The Bertz CT molecular complexity index is 3550. The summed E-state index contributed by atoms with van der Waals surface area (Å²) < 4.78 is 4.80. The summed E-state index contributed by atoms with van der Waals surface area (Å²) in [6, 6.07) is 72.1. The summed E-state index contributed by atoms with van der Waals surface area (Å²) in [6.07, 6.45) is 0. The molecule has 0 radical (unpaired) electrons.